The fraction of sp³-hybridized carbons (Fsp3) is 0.478. The molecule has 1 aromatic heterocycles. The number of halogens is 2. The van der Waals surface area contributed by atoms with Gasteiger partial charge >= 0.3 is 0 Å². The van der Waals surface area contributed by atoms with Crippen LogP contribution in [0.5, 0.6) is 0 Å². The van der Waals surface area contributed by atoms with E-state index < -0.39 is 23.8 Å². The number of aromatic nitrogens is 1. The van der Waals surface area contributed by atoms with Gasteiger partial charge in [0, 0.05) is 25.7 Å². The first-order valence-electron chi connectivity index (χ1n) is 10.3. The van der Waals surface area contributed by atoms with Crippen LogP contribution in [0.1, 0.15) is 56.4 Å². The summed E-state index contributed by atoms with van der Waals surface area (Å²) in [4.78, 5) is 16.1. The van der Waals surface area contributed by atoms with E-state index in [0.29, 0.717) is 11.5 Å². The summed E-state index contributed by atoms with van der Waals surface area (Å²) in [6, 6.07) is 6.64. The van der Waals surface area contributed by atoms with E-state index >= 15 is 0 Å². The van der Waals surface area contributed by atoms with Gasteiger partial charge in [0.25, 0.3) is 0 Å². The molecule has 7 heteroatoms. The molecule has 30 heavy (non-hydrogen) atoms. The molecule has 0 spiro atoms. The summed E-state index contributed by atoms with van der Waals surface area (Å²) in [6.45, 7) is 5.83. The molecule has 2 atom stereocenters. The Morgan fingerprint density at radius 1 is 1.20 bits per heavy atom. The van der Waals surface area contributed by atoms with Gasteiger partial charge in [0.15, 0.2) is 0 Å². The van der Waals surface area contributed by atoms with Crippen molar-refractivity contribution in [3.63, 3.8) is 0 Å². The lowest BCUT2D eigenvalue weighted by Crippen LogP contribution is -2.49. The Morgan fingerprint density at radius 2 is 1.87 bits per heavy atom. The standard InChI is InChI=1S/C23H29F2N3O2/c1-14(2)17-4-7-26-22(11-17)23(5-6-23)27-13-21(30)20(28-15(3)29)10-16-8-18(24)12-19(25)9-16/h4,7-9,11-12,14,20-21,27,30H,5-6,10,13H2,1-3H3,(H,28,29)/t20-,21-/m0/s1. The van der Waals surface area contributed by atoms with Crippen LogP contribution in [0, 0.1) is 11.6 Å². The molecular formula is C23H29F2N3O2. The van der Waals surface area contributed by atoms with Crippen LogP contribution in [0.2, 0.25) is 0 Å². The minimum absolute atomic E-state index is 0.116. The number of hydrogen-bond donors (Lipinski definition) is 3. The third-order valence-corrected chi connectivity index (χ3v) is 5.57. The molecule has 0 aliphatic heterocycles. The van der Waals surface area contributed by atoms with Crippen molar-refractivity contribution in [1.82, 2.24) is 15.6 Å². The van der Waals surface area contributed by atoms with Gasteiger partial charge in [0.2, 0.25) is 5.91 Å². The summed E-state index contributed by atoms with van der Waals surface area (Å²) in [6.07, 6.45) is 2.81. The predicted octanol–water partition coefficient (Wildman–Crippen LogP) is 3.17. The zero-order valence-corrected chi connectivity index (χ0v) is 17.6. The van der Waals surface area contributed by atoms with Gasteiger partial charge < -0.3 is 15.7 Å². The van der Waals surface area contributed by atoms with Gasteiger partial charge in [-0.05, 0) is 60.6 Å². The maximum absolute atomic E-state index is 13.5. The summed E-state index contributed by atoms with van der Waals surface area (Å²) in [5.41, 5.74) is 2.25. The number of benzene rings is 1. The molecule has 1 heterocycles. The third kappa shape index (κ3) is 5.61. The molecule has 1 fully saturated rings. The lowest BCUT2D eigenvalue weighted by Gasteiger charge is -2.27. The van der Waals surface area contributed by atoms with E-state index in [1.165, 1.54) is 24.6 Å². The van der Waals surface area contributed by atoms with Gasteiger partial charge in [-0.25, -0.2) is 8.78 Å². The van der Waals surface area contributed by atoms with Crippen LogP contribution in [-0.2, 0) is 16.8 Å². The third-order valence-electron chi connectivity index (χ3n) is 5.57. The van der Waals surface area contributed by atoms with Crippen molar-refractivity contribution in [2.24, 2.45) is 0 Å². The van der Waals surface area contributed by atoms with E-state index in [-0.39, 0.29) is 24.4 Å². The number of aliphatic hydroxyl groups excluding tert-OH is 1. The van der Waals surface area contributed by atoms with Crippen molar-refractivity contribution < 1.29 is 18.7 Å². The molecule has 0 unspecified atom stereocenters. The number of amides is 1. The highest BCUT2D eigenvalue weighted by molar-refractivity contribution is 5.73. The zero-order chi connectivity index (χ0) is 21.9. The van der Waals surface area contributed by atoms with Crippen LogP contribution < -0.4 is 10.6 Å². The van der Waals surface area contributed by atoms with Crippen molar-refractivity contribution in [1.29, 1.82) is 0 Å². The minimum atomic E-state index is -0.939. The molecule has 3 rings (SSSR count). The highest BCUT2D eigenvalue weighted by atomic mass is 19.1. The topological polar surface area (TPSA) is 74.2 Å². The van der Waals surface area contributed by atoms with Gasteiger partial charge in [-0.2, -0.15) is 0 Å². The average Bonchev–Trinajstić information content (AvgIpc) is 3.46. The Kier molecular flexibility index (Phi) is 6.83. The number of nitrogens with one attached hydrogen (secondary N) is 2. The molecule has 0 bridgehead atoms. The average molecular weight is 418 g/mol. The minimum Gasteiger partial charge on any atom is -0.390 e. The first-order chi connectivity index (χ1) is 14.2. The number of carbonyl (C=O) groups excluding carboxylic acids is 1. The predicted molar refractivity (Wildman–Crippen MR) is 111 cm³/mol. The Morgan fingerprint density at radius 3 is 2.43 bits per heavy atom. The lowest BCUT2D eigenvalue weighted by atomic mass is 9.99. The molecule has 3 N–H and O–H groups in total. The summed E-state index contributed by atoms with van der Waals surface area (Å²) in [5, 5.41) is 16.9. The number of carbonyl (C=O) groups is 1. The number of aliphatic hydroxyl groups is 1. The molecule has 0 saturated heterocycles. The van der Waals surface area contributed by atoms with Gasteiger partial charge in [-0.3, -0.25) is 9.78 Å². The molecule has 1 saturated carbocycles. The van der Waals surface area contributed by atoms with Crippen molar-refractivity contribution in [2.45, 2.75) is 63.6 Å². The van der Waals surface area contributed by atoms with E-state index in [2.05, 4.69) is 35.5 Å². The maximum atomic E-state index is 13.5. The molecule has 1 amide bonds. The molecule has 1 aromatic carbocycles. The van der Waals surface area contributed by atoms with Crippen LogP contribution in [0.3, 0.4) is 0 Å². The van der Waals surface area contributed by atoms with Crippen molar-refractivity contribution >= 4 is 5.91 Å². The summed E-state index contributed by atoms with van der Waals surface area (Å²) < 4.78 is 27.0. The Balaban J connectivity index is 1.69. The quantitative estimate of drug-likeness (QED) is 0.586. The number of pyridine rings is 1. The molecule has 0 radical (unpaired) electrons. The van der Waals surface area contributed by atoms with Gasteiger partial charge in [0.1, 0.15) is 11.6 Å². The number of rotatable bonds is 9. The second-order valence-corrected chi connectivity index (χ2v) is 8.45. The molecule has 1 aliphatic rings. The summed E-state index contributed by atoms with van der Waals surface area (Å²) >= 11 is 0. The lowest BCUT2D eigenvalue weighted by molar-refractivity contribution is -0.120. The highest BCUT2D eigenvalue weighted by Crippen LogP contribution is 2.45. The van der Waals surface area contributed by atoms with Gasteiger partial charge in [-0.1, -0.05) is 13.8 Å². The second kappa shape index (κ2) is 9.18. The van der Waals surface area contributed by atoms with Crippen molar-refractivity contribution in [3.8, 4) is 0 Å². The van der Waals surface area contributed by atoms with Gasteiger partial charge in [0.05, 0.1) is 23.4 Å². The molecular weight excluding hydrogens is 388 g/mol. The fourth-order valence-electron chi connectivity index (χ4n) is 3.69. The Bertz CT molecular complexity index is 880. The largest absolute Gasteiger partial charge is 0.390 e. The fourth-order valence-corrected chi connectivity index (χ4v) is 3.69. The highest BCUT2D eigenvalue weighted by Gasteiger charge is 2.46. The van der Waals surface area contributed by atoms with Crippen LogP contribution in [0.25, 0.3) is 0 Å². The summed E-state index contributed by atoms with van der Waals surface area (Å²) in [5.74, 6) is -1.30. The molecule has 5 nitrogen and oxygen atoms in total. The van der Waals surface area contributed by atoms with Crippen LogP contribution in [-0.4, -0.2) is 34.7 Å². The first-order valence-corrected chi connectivity index (χ1v) is 10.3. The Labute approximate surface area is 175 Å². The maximum Gasteiger partial charge on any atom is 0.217 e. The Hall–Kier alpha value is -2.38. The SMILES string of the molecule is CC(=O)N[C@@H](Cc1cc(F)cc(F)c1)[C@@H](O)CNC1(c2cc(C(C)C)ccn2)CC1. The molecule has 162 valence electrons. The number of nitrogens with zero attached hydrogens (tertiary/aromatic N) is 1. The molecule has 2 aromatic rings. The summed E-state index contributed by atoms with van der Waals surface area (Å²) in [7, 11) is 0. The van der Waals surface area contributed by atoms with E-state index in [4.69, 9.17) is 0 Å². The van der Waals surface area contributed by atoms with Crippen LogP contribution >= 0.6 is 0 Å². The zero-order valence-electron chi connectivity index (χ0n) is 17.6. The van der Waals surface area contributed by atoms with E-state index in [1.54, 1.807) is 6.20 Å². The molecule has 1 aliphatic carbocycles. The number of hydrogen-bond acceptors (Lipinski definition) is 4. The monoisotopic (exact) mass is 417 g/mol. The smallest absolute Gasteiger partial charge is 0.217 e. The van der Waals surface area contributed by atoms with Crippen molar-refractivity contribution in [2.75, 3.05) is 6.54 Å². The van der Waals surface area contributed by atoms with Crippen LogP contribution in [0.4, 0.5) is 8.78 Å². The van der Waals surface area contributed by atoms with Crippen LogP contribution in [0.15, 0.2) is 36.5 Å². The second-order valence-electron chi connectivity index (χ2n) is 8.45. The van der Waals surface area contributed by atoms with E-state index in [9.17, 15) is 18.7 Å². The van der Waals surface area contributed by atoms with E-state index in [0.717, 1.165) is 24.6 Å². The van der Waals surface area contributed by atoms with Crippen molar-refractivity contribution in [3.05, 3.63) is 65.0 Å². The van der Waals surface area contributed by atoms with Gasteiger partial charge in [-0.15, -0.1) is 0 Å². The normalized spacial score (nSPS) is 16.9. The first kappa shape index (κ1) is 22.3. The van der Waals surface area contributed by atoms with E-state index in [1.807, 2.05) is 6.07 Å².